The van der Waals surface area contributed by atoms with Gasteiger partial charge in [0.05, 0.1) is 32.8 Å². The Morgan fingerprint density at radius 1 is 0.853 bits per heavy atom. The minimum atomic E-state index is -0.00316. The number of thioether (sulfide) groups is 1. The number of hydrogen-bond donors (Lipinski definition) is 0. The Morgan fingerprint density at radius 3 is 2.12 bits per heavy atom. The molecule has 0 fully saturated rings. The van der Waals surface area contributed by atoms with E-state index in [1.807, 2.05) is 47.9 Å². The van der Waals surface area contributed by atoms with Crippen LogP contribution in [0.2, 0.25) is 0 Å². The molecule has 174 valence electrons. The highest BCUT2D eigenvalue weighted by Gasteiger charge is 2.20. The van der Waals surface area contributed by atoms with Crippen molar-refractivity contribution < 1.29 is 19.0 Å². The molecular weight excluding hydrogens is 450 g/mol. The van der Waals surface area contributed by atoms with Crippen LogP contribution < -0.4 is 14.2 Å². The summed E-state index contributed by atoms with van der Waals surface area (Å²) >= 11 is 1.34. The van der Waals surface area contributed by atoms with Crippen LogP contribution in [-0.2, 0) is 0 Å². The van der Waals surface area contributed by atoms with E-state index in [0.29, 0.717) is 33.8 Å². The van der Waals surface area contributed by atoms with Crippen molar-refractivity contribution in [3.05, 3.63) is 77.9 Å². The summed E-state index contributed by atoms with van der Waals surface area (Å²) in [7, 11) is 4.81. The summed E-state index contributed by atoms with van der Waals surface area (Å²) in [6.07, 6.45) is 0. The maximum absolute atomic E-state index is 12.8. The Labute approximate surface area is 202 Å². The molecule has 0 atom stereocenters. The number of para-hydroxylation sites is 1. The molecule has 34 heavy (non-hydrogen) atoms. The van der Waals surface area contributed by atoms with E-state index >= 15 is 0 Å². The van der Waals surface area contributed by atoms with Gasteiger partial charge in [-0.25, -0.2) is 0 Å². The van der Waals surface area contributed by atoms with Crippen molar-refractivity contribution in [3.8, 4) is 34.3 Å². The highest BCUT2D eigenvalue weighted by Crippen LogP contribution is 2.33. The van der Waals surface area contributed by atoms with Crippen LogP contribution in [-0.4, -0.2) is 47.6 Å². The third-order valence-electron chi connectivity index (χ3n) is 5.34. The lowest BCUT2D eigenvalue weighted by atomic mass is 10.1. The average molecular weight is 476 g/mol. The van der Waals surface area contributed by atoms with Crippen LogP contribution in [0.1, 0.15) is 15.9 Å². The molecule has 0 aliphatic carbocycles. The lowest BCUT2D eigenvalue weighted by molar-refractivity contribution is 0.102. The molecule has 8 heteroatoms. The normalized spacial score (nSPS) is 10.7. The van der Waals surface area contributed by atoms with Crippen molar-refractivity contribution in [1.82, 2.24) is 14.8 Å². The van der Waals surface area contributed by atoms with Gasteiger partial charge < -0.3 is 14.2 Å². The largest absolute Gasteiger partial charge is 0.497 e. The molecule has 7 nitrogen and oxygen atoms in total. The maximum atomic E-state index is 12.8. The predicted molar refractivity (Wildman–Crippen MR) is 133 cm³/mol. The number of aryl methyl sites for hydroxylation is 1. The van der Waals surface area contributed by atoms with Gasteiger partial charge in [-0.3, -0.25) is 9.36 Å². The van der Waals surface area contributed by atoms with Crippen molar-refractivity contribution in [1.29, 1.82) is 0 Å². The molecule has 0 bridgehead atoms. The van der Waals surface area contributed by atoms with E-state index in [1.165, 1.54) is 11.8 Å². The number of hydrogen-bond acceptors (Lipinski definition) is 7. The molecule has 0 spiro atoms. The lowest BCUT2D eigenvalue weighted by Crippen LogP contribution is -2.06. The quantitative estimate of drug-likeness (QED) is 0.242. The van der Waals surface area contributed by atoms with E-state index in [9.17, 15) is 4.79 Å². The molecule has 4 rings (SSSR count). The Bertz CT molecular complexity index is 1280. The van der Waals surface area contributed by atoms with Gasteiger partial charge in [-0.1, -0.05) is 30.0 Å². The number of aromatic nitrogens is 3. The Morgan fingerprint density at radius 2 is 1.50 bits per heavy atom. The summed E-state index contributed by atoms with van der Waals surface area (Å²) in [5.74, 6) is 2.86. The maximum Gasteiger partial charge on any atom is 0.196 e. The summed E-state index contributed by atoms with van der Waals surface area (Å²) in [4.78, 5) is 12.8. The Balaban J connectivity index is 1.72. The molecule has 0 radical (unpaired) electrons. The van der Waals surface area contributed by atoms with Gasteiger partial charge in [-0.15, -0.1) is 10.2 Å². The Kier molecular flexibility index (Phi) is 7.18. The molecule has 0 saturated carbocycles. The van der Waals surface area contributed by atoms with Crippen molar-refractivity contribution in [3.63, 3.8) is 0 Å². The van der Waals surface area contributed by atoms with Gasteiger partial charge in [0.25, 0.3) is 0 Å². The van der Waals surface area contributed by atoms with E-state index in [1.54, 1.807) is 51.7 Å². The van der Waals surface area contributed by atoms with Crippen LogP contribution in [0.3, 0.4) is 0 Å². The smallest absolute Gasteiger partial charge is 0.196 e. The molecule has 3 aromatic carbocycles. The molecule has 0 unspecified atom stereocenters. The number of carbonyl (C=O) groups excluding carboxylic acids is 1. The van der Waals surface area contributed by atoms with Gasteiger partial charge in [0, 0.05) is 17.2 Å². The average Bonchev–Trinajstić information content (AvgIpc) is 3.31. The van der Waals surface area contributed by atoms with E-state index in [4.69, 9.17) is 14.2 Å². The molecule has 4 aromatic rings. The molecule has 0 N–H and O–H groups in total. The summed E-state index contributed by atoms with van der Waals surface area (Å²) < 4.78 is 18.0. The van der Waals surface area contributed by atoms with Crippen molar-refractivity contribution >= 4 is 17.5 Å². The van der Waals surface area contributed by atoms with E-state index < -0.39 is 0 Å². The number of ketones is 1. The summed E-state index contributed by atoms with van der Waals surface area (Å²) in [6, 6.07) is 20.7. The molecule has 0 saturated heterocycles. The fraction of sp³-hybridized carbons (Fsp3) is 0.192. The van der Waals surface area contributed by atoms with Crippen LogP contribution in [0.4, 0.5) is 0 Å². The zero-order chi connectivity index (χ0) is 24.1. The lowest BCUT2D eigenvalue weighted by Gasteiger charge is -2.14. The monoisotopic (exact) mass is 475 g/mol. The van der Waals surface area contributed by atoms with Crippen molar-refractivity contribution in [2.45, 2.75) is 12.1 Å². The highest BCUT2D eigenvalue weighted by atomic mass is 32.2. The molecule has 1 aromatic heterocycles. The highest BCUT2D eigenvalue weighted by molar-refractivity contribution is 7.99. The van der Waals surface area contributed by atoms with Crippen LogP contribution in [0, 0.1) is 6.92 Å². The first-order valence-corrected chi connectivity index (χ1v) is 11.6. The molecule has 1 heterocycles. The van der Waals surface area contributed by atoms with Gasteiger partial charge >= 0.3 is 0 Å². The van der Waals surface area contributed by atoms with Crippen molar-refractivity contribution in [2.75, 3.05) is 27.1 Å². The fourth-order valence-corrected chi connectivity index (χ4v) is 4.35. The number of rotatable bonds is 9. The molecule has 0 aliphatic rings. The first-order valence-electron chi connectivity index (χ1n) is 10.6. The number of benzene rings is 3. The van der Waals surface area contributed by atoms with Gasteiger partial charge in [0.15, 0.2) is 16.8 Å². The predicted octanol–water partition coefficient (Wildman–Crippen LogP) is 5.24. The van der Waals surface area contributed by atoms with E-state index in [0.717, 1.165) is 16.8 Å². The minimum absolute atomic E-state index is 0.00316. The van der Waals surface area contributed by atoms with Gasteiger partial charge in [-0.05, 0) is 55.0 Å². The number of nitrogens with zero attached hydrogens (tertiary/aromatic N) is 3. The number of methoxy groups -OCH3 is 3. The van der Waals surface area contributed by atoms with Crippen LogP contribution in [0.5, 0.6) is 17.2 Å². The Hall–Kier alpha value is -3.78. The number of ether oxygens (including phenoxy) is 3. The second-order valence-corrected chi connectivity index (χ2v) is 8.41. The molecular formula is C26H25N3O4S. The zero-order valence-electron chi connectivity index (χ0n) is 19.4. The van der Waals surface area contributed by atoms with Crippen molar-refractivity contribution in [2.24, 2.45) is 0 Å². The third-order valence-corrected chi connectivity index (χ3v) is 6.27. The topological polar surface area (TPSA) is 75.5 Å². The SMILES string of the molecule is COc1ccc(C(=O)CSc2nnc(-c3cc(OC)cc(OC)c3)n2-c2ccccc2C)cc1. The molecule has 0 aliphatic heterocycles. The summed E-state index contributed by atoms with van der Waals surface area (Å²) in [5, 5.41) is 9.54. The number of carbonyl (C=O) groups is 1. The van der Waals surface area contributed by atoms with Gasteiger partial charge in [0.1, 0.15) is 17.2 Å². The first-order chi connectivity index (χ1) is 16.5. The van der Waals surface area contributed by atoms with E-state index in [-0.39, 0.29) is 11.5 Å². The minimum Gasteiger partial charge on any atom is -0.497 e. The molecule has 0 amide bonds. The van der Waals surface area contributed by atoms with Crippen LogP contribution in [0.15, 0.2) is 71.9 Å². The third kappa shape index (κ3) is 4.92. The second kappa shape index (κ2) is 10.4. The fourth-order valence-electron chi connectivity index (χ4n) is 3.51. The number of Topliss-reactive ketones (excluding diaryl/α,β-unsaturated/α-hetero) is 1. The van der Waals surface area contributed by atoms with Crippen LogP contribution in [0.25, 0.3) is 17.1 Å². The second-order valence-electron chi connectivity index (χ2n) is 7.47. The standard InChI is InChI=1S/C26H25N3O4S/c1-17-7-5-6-8-23(17)29-25(19-13-21(32-3)15-22(14-19)33-4)27-28-26(29)34-16-24(30)18-9-11-20(31-2)12-10-18/h5-15H,16H2,1-4H3. The van der Waals surface area contributed by atoms with Gasteiger partial charge in [0.2, 0.25) is 0 Å². The van der Waals surface area contributed by atoms with Gasteiger partial charge in [-0.2, -0.15) is 0 Å². The zero-order valence-corrected chi connectivity index (χ0v) is 20.3. The summed E-state index contributed by atoms with van der Waals surface area (Å²) in [5.41, 5.74) is 3.40. The first kappa shape index (κ1) is 23.4. The van der Waals surface area contributed by atoms with E-state index in [2.05, 4.69) is 10.2 Å². The van der Waals surface area contributed by atoms with Crippen LogP contribution >= 0.6 is 11.8 Å². The summed E-state index contributed by atoms with van der Waals surface area (Å²) in [6.45, 7) is 2.03.